The Bertz CT molecular complexity index is 2190. The fourth-order valence-corrected chi connectivity index (χ4v) is 4.76. The number of carbonyl (C=O) groups is 1. The van der Waals surface area contributed by atoms with E-state index in [1.807, 2.05) is 56.3 Å². The quantitative estimate of drug-likeness (QED) is 0.104. The average molecular weight is 711 g/mol. The predicted molar refractivity (Wildman–Crippen MR) is 187 cm³/mol. The minimum atomic E-state index is -0.703. The first-order valence-electron chi connectivity index (χ1n) is 15.0. The molecule has 0 aliphatic heterocycles. The number of esters is 1. The number of aryl methyl sites for hydroxylation is 3. The van der Waals surface area contributed by atoms with Gasteiger partial charge in [-0.2, -0.15) is 14.9 Å². The molecule has 2 aromatic heterocycles. The van der Waals surface area contributed by atoms with Crippen molar-refractivity contribution in [3.05, 3.63) is 131 Å². The van der Waals surface area contributed by atoms with Gasteiger partial charge in [0.15, 0.2) is 5.69 Å². The number of aliphatic imine (C=N–C) groups is 2. The smallest absolute Gasteiger partial charge is 0.359 e. The van der Waals surface area contributed by atoms with Crippen molar-refractivity contribution in [1.82, 2.24) is 19.6 Å². The number of nitrogens with zero attached hydrogens (tertiary/aromatic N) is 6. The number of methoxy groups -OCH3 is 1. The molecule has 0 saturated heterocycles. The van der Waals surface area contributed by atoms with Crippen LogP contribution in [0.15, 0.2) is 107 Å². The second kappa shape index (κ2) is 16.3. The van der Waals surface area contributed by atoms with E-state index in [9.17, 15) is 25.2 Å². The number of rotatable bonds is 7. The molecule has 50 heavy (non-hydrogen) atoms. The Morgan fingerprint density at radius 1 is 0.660 bits per heavy atom. The predicted octanol–water partition coefficient (Wildman–Crippen LogP) is 6.78. The van der Waals surface area contributed by atoms with E-state index in [1.54, 1.807) is 55.5 Å². The molecule has 0 spiro atoms. The van der Waals surface area contributed by atoms with Crippen LogP contribution in [-0.2, 0) is 22.1 Å². The number of para-hydroxylation sites is 4. The summed E-state index contributed by atoms with van der Waals surface area (Å²) in [7, 11) is 1.23. The molecular formula is C37H34CrN6O6. The molecule has 0 amide bonds. The first-order chi connectivity index (χ1) is 23.6. The molecule has 0 saturated carbocycles. The molecular weight excluding hydrogens is 676 g/mol. The van der Waals surface area contributed by atoms with Crippen LogP contribution in [0.4, 0.5) is 11.4 Å². The maximum atomic E-state index is 12.1. The van der Waals surface area contributed by atoms with Crippen molar-refractivity contribution in [1.29, 1.82) is 0 Å². The van der Waals surface area contributed by atoms with Gasteiger partial charge in [-0.25, -0.2) is 9.48 Å². The number of hydrogen-bond donors (Lipinski definition) is 4. The Labute approximate surface area is 299 Å². The average Bonchev–Trinajstić information content (AvgIpc) is 3.58. The minimum Gasteiger partial charge on any atom is -0.506 e. The molecule has 4 N–H and O–H groups in total. The summed E-state index contributed by atoms with van der Waals surface area (Å²) in [6.45, 7) is 5.70. The van der Waals surface area contributed by atoms with Crippen LogP contribution >= 0.6 is 0 Å². The second-order valence-electron chi connectivity index (χ2n) is 10.9. The molecule has 0 unspecified atom stereocenters. The Morgan fingerprint density at radius 3 is 1.60 bits per heavy atom. The monoisotopic (exact) mass is 710 g/mol. The normalized spacial score (nSPS) is 10.9. The molecule has 0 aliphatic carbocycles. The van der Waals surface area contributed by atoms with Gasteiger partial charge in [0.2, 0.25) is 11.8 Å². The van der Waals surface area contributed by atoms with Crippen molar-refractivity contribution in [2.24, 2.45) is 9.98 Å². The minimum absolute atomic E-state index is 0. The van der Waals surface area contributed by atoms with Crippen molar-refractivity contribution >= 4 is 29.8 Å². The molecule has 0 bridgehead atoms. The number of phenolic OH excluding ortho intramolecular Hbond substituents is 2. The summed E-state index contributed by atoms with van der Waals surface area (Å²) in [4.78, 5) is 20.4. The van der Waals surface area contributed by atoms with E-state index < -0.39 is 5.97 Å². The molecule has 6 rings (SSSR count). The number of aromatic hydroxyl groups is 4. The summed E-state index contributed by atoms with van der Waals surface area (Å²) in [5, 5.41) is 49.1. The third-order valence-corrected chi connectivity index (χ3v) is 7.28. The molecule has 0 atom stereocenters. The number of aromatic nitrogens is 4. The van der Waals surface area contributed by atoms with E-state index in [4.69, 9.17) is 4.74 Å². The van der Waals surface area contributed by atoms with Crippen LogP contribution in [0.25, 0.3) is 11.4 Å². The van der Waals surface area contributed by atoms with Crippen molar-refractivity contribution < 1.29 is 47.3 Å². The van der Waals surface area contributed by atoms with Crippen molar-refractivity contribution in [2.45, 2.75) is 20.8 Å². The zero-order chi connectivity index (χ0) is 35.1. The number of hydrogen-bond acceptors (Lipinski definition) is 10. The second-order valence-corrected chi connectivity index (χ2v) is 10.9. The number of phenols is 2. The van der Waals surface area contributed by atoms with Gasteiger partial charge >= 0.3 is 5.97 Å². The van der Waals surface area contributed by atoms with E-state index in [0.29, 0.717) is 28.3 Å². The summed E-state index contributed by atoms with van der Waals surface area (Å²) in [5.74, 6) is -0.867. The Morgan fingerprint density at radius 2 is 1.12 bits per heavy atom. The van der Waals surface area contributed by atoms with Gasteiger partial charge in [0, 0.05) is 29.8 Å². The molecule has 6 aromatic rings. The SMILES string of the molecule is COC(=O)c1nn(-c2cccc(C)c2)c(O)c1C=Nc1ccccc1O.Cc1cccc(-n2nc(C)c(C=Nc3ccccc3O)c2O)c1.[Cr]. The van der Waals surface area contributed by atoms with Gasteiger partial charge in [-0.1, -0.05) is 48.5 Å². The number of ether oxygens (including phenoxy) is 1. The van der Waals surface area contributed by atoms with Gasteiger partial charge < -0.3 is 25.2 Å². The third kappa shape index (κ3) is 8.27. The van der Waals surface area contributed by atoms with Crippen LogP contribution in [0.3, 0.4) is 0 Å². The maximum absolute atomic E-state index is 12.1. The largest absolute Gasteiger partial charge is 0.506 e. The van der Waals surface area contributed by atoms with E-state index in [2.05, 4.69) is 20.2 Å². The molecule has 12 nitrogen and oxygen atoms in total. The molecule has 4 aromatic carbocycles. The number of carbonyl (C=O) groups excluding carboxylic acids is 1. The van der Waals surface area contributed by atoms with Crippen LogP contribution in [0.1, 0.15) is 38.4 Å². The van der Waals surface area contributed by atoms with E-state index in [-0.39, 0.29) is 51.9 Å². The van der Waals surface area contributed by atoms with Crippen molar-refractivity contribution in [3.63, 3.8) is 0 Å². The molecule has 13 heteroatoms. The fourth-order valence-electron chi connectivity index (χ4n) is 4.76. The van der Waals surface area contributed by atoms with E-state index in [0.717, 1.165) is 16.8 Å². The summed E-state index contributed by atoms with van der Waals surface area (Å²) in [6, 6.07) is 28.3. The van der Waals surface area contributed by atoms with Crippen molar-refractivity contribution in [3.8, 4) is 34.6 Å². The van der Waals surface area contributed by atoms with Crippen LogP contribution in [0, 0.1) is 20.8 Å². The van der Waals surface area contributed by atoms with Crippen molar-refractivity contribution in [2.75, 3.05) is 7.11 Å². The maximum Gasteiger partial charge on any atom is 0.359 e. The van der Waals surface area contributed by atoms with Gasteiger partial charge in [0.25, 0.3) is 0 Å². The topological polar surface area (TPSA) is 168 Å². The summed E-state index contributed by atoms with van der Waals surface area (Å²) in [5.41, 5.74) is 5.37. The Hall–Kier alpha value is -6.16. The first kappa shape index (κ1) is 36.7. The summed E-state index contributed by atoms with van der Waals surface area (Å²) in [6.07, 6.45) is 2.79. The van der Waals surface area contributed by atoms with Gasteiger partial charge in [-0.05, 0) is 80.4 Å². The molecule has 0 radical (unpaired) electrons. The fraction of sp³-hybridized carbons (Fsp3) is 0.108. The molecule has 254 valence electrons. The summed E-state index contributed by atoms with van der Waals surface area (Å²) >= 11 is 0. The van der Waals surface area contributed by atoms with Crippen LogP contribution < -0.4 is 0 Å². The van der Waals surface area contributed by atoms with Crippen LogP contribution in [-0.4, -0.2) is 65.5 Å². The van der Waals surface area contributed by atoms with Crippen LogP contribution in [0.2, 0.25) is 0 Å². The third-order valence-electron chi connectivity index (χ3n) is 7.28. The zero-order valence-electron chi connectivity index (χ0n) is 27.6. The Kier molecular flexibility index (Phi) is 12.0. The van der Waals surface area contributed by atoms with Gasteiger partial charge in [-0.15, -0.1) is 0 Å². The van der Waals surface area contributed by atoms with Gasteiger partial charge in [0.1, 0.15) is 22.9 Å². The summed E-state index contributed by atoms with van der Waals surface area (Å²) < 4.78 is 7.47. The van der Waals surface area contributed by atoms with E-state index >= 15 is 0 Å². The van der Waals surface area contributed by atoms with Gasteiger partial charge in [-0.3, -0.25) is 9.98 Å². The van der Waals surface area contributed by atoms with Crippen LogP contribution in [0.5, 0.6) is 23.3 Å². The van der Waals surface area contributed by atoms with E-state index in [1.165, 1.54) is 35.0 Å². The standard InChI is InChI=1S/C19H17N3O4.C18H17N3O2.Cr/c1-12-6-5-7-13(10-12)22-18(24)14(17(21-22)19(25)26-2)11-20-15-8-3-4-9-16(15)23;1-12-6-5-7-14(10-12)21-18(23)15(13(2)20-21)11-19-16-8-3-4-9-17(16)22;/h3-11,23-24H,1-2H3;3-11,22-23H,1-2H3;. The Balaban J connectivity index is 0.000000222. The molecule has 0 fully saturated rings. The molecule has 2 heterocycles. The van der Waals surface area contributed by atoms with Gasteiger partial charge in [0.05, 0.1) is 35.3 Å². The first-order valence-corrected chi connectivity index (χ1v) is 15.0. The number of benzene rings is 4. The molecule has 0 aliphatic rings. The zero-order valence-corrected chi connectivity index (χ0v) is 28.9.